The van der Waals surface area contributed by atoms with Gasteiger partial charge in [0.1, 0.15) is 5.60 Å². The Morgan fingerprint density at radius 2 is 1.65 bits per heavy atom. The molecule has 1 unspecified atom stereocenters. The van der Waals surface area contributed by atoms with E-state index in [1.165, 1.54) is 0 Å². The molecule has 0 aliphatic carbocycles. The van der Waals surface area contributed by atoms with Gasteiger partial charge in [-0.3, -0.25) is 4.18 Å². The smallest absolute Gasteiger partial charge is 0.434 e. The van der Waals surface area contributed by atoms with Gasteiger partial charge in [0.15, 0.2) is 0 Å². The highest BCUT2D eigenvalue weighted by Crippen LogP contribution is 2.21. The van der Waals surface area contributed by atoms with Gasteiger partial charge in [-0.15, -0.1) is 0 Å². The van der Waals surface area contributed by atoms with E-state index in [0.29, 0.717) is 18.8 Å². The standard InChI is InChI=1S/C19H30O6S/c1-6-15(2)16-9-11-17(12-10-16)26(21,22)24-14-8-7-13-23-18(20)25-19(3,4)5/h9-12,15H,6-8,13-14H2,1-5H3. The average molecular weight is 387 g/mol. The molecule has 0 saturated carbocycles. The summed E-state index contributed by atoms with van der Waals surface area (Å²) in [7, 11) is -3.77. The van der Waals surface area contributed by atoms with Crippen LogP contribution in [0.3, 0.4) is 0 Å². The Morgan fingerprint density at radius 3 is 2.19 bits per heavy atom. The lowest BCUT2D eigenvalue weighted by Gasteiger charge is -2.18. The van der Waals surface area contributed by atoms with Gasteiger partial charge in [-0.25, -0.2) is 4.79 Å². The van der Waals surface area contributed by atoms with Gasteiger partial charge in [0.2, 0.25) is 0 Å². The Morgan fingerprint density at radius 1 is 1.08 bits per heavy atom. The van der Waals surface area contributed by atoms with E-state index in [1.54, 1.807) is 32.9 Å². The zero-order chi connectivity index (χ0) is 19.8. The van der Waals surface area contributed by atoms with E-state index < -0.39 is 21.9 Å². The van der Waals surface area contributed by atoms with Crippen LogP contribution in [0, 0.1) is 0 Å². The number of benzene rings is 1. The van der Waals surface area contributed by atoms with Crippen LogP contribution in [-0.2, 0) is 23.8 Å². The normalized spacial score (nSPS) is 13.3. The summed E-state index contributed by atoms with van der Waals surface area (Å²) in [4.78, 5) is 11.5. The maximum atomic E-state index is 12.2. The molecule has 1 aromatic rings. The van der Waals surface area contributed by atoms with Crippen LogP contribution in [0.5, 0.6) is 0 Å². The second-order valence-corrected chi connectivity index (χ2v) is 8.79. The molecule has 26 heavy (non-hydrogen) atoms. The van der Waals surface area contributed by atoms with Crippen LogP contribution in [0.1, 0.15) is 65.4 Å². The van der Waals surface area contributed by atoms with E-state index in [-0.39, 0.29) is 18.1 Å². The molecule has 0 spiro atoms. The minimum Gasteiger partial charge on any atom is -0.434 e. The molecule has 148 valence electrons. The van der Waals surface area contributed by atoms with Gasteiger partial charge in [-0.05, 0) is 63.6 Å². The second kappa shape index (κ2) is 9.92. The number of carbonyl (C=O) groups is 1. The molecule has 0 fully saturated rings. The van der Waals surface area contributed by atoms with E-state index in [1.807, 2.05) is 12.1 Å². The Hall–Kier alpha value is -1.60. The van der Waals surface area contributed by atoms with Gasteiger partial charge in [-0.1, -0.05) is 26.0 Å². The zero-order valence-corrected chi connectivity index (χ0v) is 17.1. The first-order valence-electron chi connectivity index (χ1n) is 8.90. The predicted molar refractivity (Wildman–Crippen MR) is 99.7 cm³/mol. The third kappa shape index (κ3) is 8.19. The van der Waals surface area contributed by atoms with Crippen molar-refractivity contribution in [1.29, 1.82) is 0 Å². The number of rotatable bonds is 9. The van der Waals surface area contributed by atoms with E-state index >= 15 is 0 Å². The van der Waals surface area contributed by atoms with Gasteiger partial charge in [0.05, 0.1) is 18.1 Å². The van der Waals surface area contributed by atoms with Gasteiger partial charge in [-0.2, -0.15) is 8.42 Å². The van der Waals surface area contributed by atoms with E-state index in [0.717, 1.165) is 12.0 Å². The zero-order valence-electron chi connectivity index (χ0n) is 16.3. The number of hydrogen-bond acceptors (Lipinski definition) is 6. The third-order valence-electron chi connectivity index (χ3n) is 3.74. The fourth-order valence-corrected chi connectivity index (χ4v) is 3.02. The first-order chi connectivity index (χ1) is 12.0. The van der Waals surface area contributed by atoms with Crippen LogP contribution in [0.2, 0.25) is 0 Å². The molecule has 1 rings (SSSR count). The van der Waals surface area contributed by atoms with Crippen molar-refractivity contribution < 1.29 is 26.9 Å². The van der Waals surface area contributed by atoms with Crippen molar-refractivity contribution >= 4 is 16.3 Å². The van der Waals surface area contributed by atoms with Gasteiger partial charge < -0.3 is 9.47 Å². The topological polar surface area (TPSA) is 78.9 Å². The molecule has 0 saturated heterocycles. The first kappa shape index (κ1) is 22.4. The Balaban J connectivity index is 2.35. The molecule has 0 amide bonds. The van der Waals surface area contributed by atoms with Crippen molar-refractivity contribution in [2.24, 2.45) is 0 Å². The average Bonchev–Trinajstić information content (AvgIpc) is 2.55. The monoisotopic (exact) mass is 386 g/mol. The van der Waals surface area contributed by atoms with Gasteiger partial charge in [0, 0.05) is 0 Å². The van der Waals surface area contributed by atoms with Crippen LogP contribution in [0.25, 0.3) is 0 Å². The summed E-state index contributed by atoms with van der Waals surface area (Å²) in [5.74, 6) is 0.387. The van der Waals surface area contributed by atoms with Crippen molar-refractivity contribution in [2.45, 2.75) is 70.3 Å². The molecule has 7 heteroatoms. The lowest BCUT2D eigenvalue weighted by Crippen LogP contribution is -2.24. The number of carbonyl (C=O) groups excluding carboxylic acids is 1. The van der Waals surface area contributed by atoms with Crippen molar-refractivity contribution in [2.75, 3.05) is 13.2 Å². The largest absolute Gasteiger partial charge is 0.508 e. The highest BCUT2D eigenvalue weighted by Gasteiger charge is 2.18. The molecule has 0 aromatic heterocycles. The minimum absolute atomic E-state index is 0.0348. The maximum absolute atomic E-state index is 12.2. The van der Waals surface area contributed by atoms with Crippen LogP contribution < -0.4 is 0 Å². The molecule has 0 aliphatic heterocycles. The van der Waals surface area contributed by atoms with Crippen LogP contribution in [0.15, 0.2) is 29.2 Å². The molecule has 6 nitrogen and oxygen atoms in total. The summed E-state index contributed by atoms with van der Waals surface area (Å²) in [6.07, 6.45) is 1.20. The highest BCUT2D eigenvalue weighted by molar-refractivity contribution is 7.86. The number of hydrogen-bond donors (Lipinski definition) is 0. The molecule has 0 aliphatic rings. The Kier molecular flexibility index (Phi) is 8.56. The Labute approximate surface area is 157 Å². The summed E-state index contributed by atoms with van der Waals surface area (Å²) < 4.78 is 39.3. The molecular weight excluding hydrogens is 356 g/mol. The third-order valence-corrected chi connectivity index (χ3v) is 5.06. The van der Waals surface area contributed by atoms with Crippen LogP contribution in [-0.4, -0.2) is 33.4 Å². The number of unbranched alkanes of at least 4 members (excludes halogenated alkanes) is 1. The first-order valence-corrected chi connectivity index (χ1v) is 10.3. The van der Waals surface area contributed by atoms with Crippen LogP contribution in [0.4, 0.5) is 4.79 Å². The summed E-state index contributed by atoms with van der Waals surface area (Å²) in [6.45, 7) is 9.63. The SMILES string of the molecule is CCC(C)c1ccc(S(=O)(=O)OCCCCOC(=O)OC(C)(C)C)cc1. The van der Waals surface area contributed by atoms with Gasteiger partial charge in [0.25, 0.3) is 10.1 Å². The summed E-state index contributed by atoms with van der Waals surface area (Å²) in [5, 5.41) is 0. The van der Waals surface area contributed by atoms with Crippen molar-refractivity contribution in [3.63, 3.8) is 0 Å². The second-order valence-electron chi connectivity index (χ2n) is 7.17. The quantitative estimate of drug-likeness (QED) is 0.349. The van der Waals surface area contributed by atoms with Crippen molar-refractivity contribution in [3.05, 3.63) is 29.8 Å². The fraction of sp³-hybridized carbons (Fsp3) is 0.632. The molecule has 1 aromatic carbocycles. The molecular formula is C19H30O6S. The van der Waals surface area contributed by atoms with Crippen molar-refractivity contribution in [3.8, 4) is 0 Å². The molecule has 0 bridgehead atoms. The minimum atomic E-state index is -3.77. The fourth-order valence-electron chi connectivity index (χ4n) is 2.07. The molecule has 0 N–H and O–H groups in total. The Bertz CT molecular complexity index is 658. The van der Waals surface area contributed by atoms with Crippen molar-refractivity contribution in [1.82, 2.24) is 0 Å². The van der Waals surface area contributed by atoms with Gasteiger partial charge >= 0.3 is 6.16 Å². The lowest BCUT2D eigenvalue weighted by molar-refractivity contribution is -0.00796. The maximum Gasteiger partial charge on any atom is 0.508 e. The highest BCUT2D eigenvalue weighted by atomic mass is 32.2. The molecule has 1 atom stereocenters. The van der Waals surface area contributed by atoms with E-state index in [2.05, 4.69) is 13.8 Å². The van der Waals surface area contributed by atoms with Crippen LogP contribution >= 0.6 is 0 Å². The summed E-state index contributed by atoms with van der Waals surface area (Å²) in [5.41, 5.74) is 0.504. The predicted octanol–water partition coefficient (Wildman–Crippen LogP) is 4.64. The van der Waals surface area contributed by atoms with E-state index in [4.69, 9.17) is 13.7 Å². The lowest BCUT2D eigenvalue weighted by atomic mass is 9.99. The molecule has 0 heterocycles. The van der Waals surface area contributed by atoms with E-state index in [9.17, 15) is 13.2 Å². The number of ether oxygens (including phenoxy) is 2. The summed E-state index contributed by atoms with van der Waals surface area (Å²) in [6, 6.07) is 6.78. The summed E-state index contributed by atoms with van der Waals surface area (Å²) >= 11 is 0. The molecule has 0 radical (unpaired) electrons.